The van der Waals surface area contributed by atoms with Gasteiger partial charge in [0.1, 0.15) is 18.1 Å². The number of hydrogen-bond donors (Lipinski definition) is 4. The van der Waals surface area contributed by atoms with Crippen LogP contribution < -0.4 is 20.3 Å². The number of aromatic nitrogens is 1. The maximum absolute atomic E-state index is 14.5. The summed E-state index contributed by atoms with van der Waals surface area (Å²) >= 11 is 1.53. The summed E-state index contributed by atoms with van der Waals surface area (Å²) in [4.78, 5) is 12.8. The highest BCUT2D eigenvalue weighted by molar-refractivity contribution is 8.01. The van der Waals surface area contributed by atoms with Crippen molar-refractivity contribution in [2.45, 2.75) is 38.5 Å². The van der Waals surface area contributed by atoms with Crippen molar-refractivity contribution in [3.05, 3.63) is 45.5 Å². The fourth-order valence-corrected chi connectivity index (χ4v) is 5.27. The van der Waals surface area contributed by atoms with Crippen LogP contribution in [-0.4, -0.2) is 39.9 Å². The van der Waals surface area contributed by atoms with Crippen LogP contribution in [0.3, 0.4) is 0 Å². The number of anilines is 3. The van der Waals surface area contributed by atoms with Crippen molar-refractivity contribution in [1.29, 1.82) is 0 Å². The summed E-state index contributed by atoms with van der Waals surface area (Å²) in [5, 5.41) is 22.1. The van der Waals surface area contributed by atoms with E-state index in [1.807, 2.05) is 13.0 Å². The number of benzene rings is 1. The molecule has 1 aromatic carbocycles. The first kappa shape index (κ1) is 22.0. The first-order chi connectivity index (χ1) is 14.9. The zero-order chi connectivity index (χ0) is 22.1. The van der Waals surface area contributed by atoms with Crippen molar-refractivity contribution >= 4 is 29.0 Å². The van der Waals surface area contributed by atoms with Gasteiger partial charge in [-0.2, -0.15) is 0 Å². The van der Waals surface area contributed by atoms with E-state index in [0.717, 1.165) is 18.4 Å². The summed E-state index contributed by atoms with van der Waals surface area (Å²) in [7, 11) is 0. The molecule has 0 unspecified atom stereocenters. The Hall–Kier alpha value is -2.23. The van der Waals surface area contributed by atoms with Crippen LogP contribution in [0.1, 0.15) is 24.0 Å². The molecule has 1 aliphatic heterocycles. The van der Waals surface area contributed by atoms with E-state index in [0.29, 0.717) is 52.8 Å². The Kier molecular flexibility index (Phi) is 6.45. The fourth-order valence-electron chi connectivity index (χ4n) is 4.11. The van der Waals surface area contributed by atoms with Crippen LogP contribution in [0.25, 0.3) is 0 Å². The van der Waals surface area contributed by atoms with Crippen molar-refractivity contribution in [2.24, 2.45) is 11.8 Å². The van der Waals surface area contributed by atoms with E-state index in [9.17, 15) is 19.4 Å². The van der Waals surface area contributed by atoms with E-state index in [-0.39, 0.29) is 30.5 Å². The number of rotatable bonds is 8. The predicted molar refractivity (Wildman–Crippen MR) is 121 cm³/mol. The monoisotopic (exact) mass is 449 g/mol. The van der Waals surface area contributed by atoms with Gasteiger partial charge in [0.15, 0.2) is 0 Å². The number of ether oxygens (including phenoxy) is 1. The van der Waals surface area contributed by atoms with Crippen molar-refractivity contribution in [2.75, 3.05) is 29.9 Å². The van der Waals surface area contributed by atoms with Gasteiger partial charge in [-0.15, -0.1) is 0 Å². The number of aryl methyl sites for hydroxylation is 1. The molecule has 2 aromatic rings. The molecule has 9 heteroatoms. The molecule has 0 radical (unpaired) electrons. The molecule has 31 heavy (non-hydrogen) atoms. The number of halogens is 1. The minimum atomic E-state index is -0.389. The standard InChI is InChI=1S/C22H28FN3O4S/c1-12-3-4-18(17(23)7-12)24-19-13(2)21(29)26-5-6-30-22(26)20(19)25-31-16-8-14(9-16)15(10-27)11-28/h3-4,7,14-16,24-25,27-28H,5-6,8-11H2,1-2H3. The smallest absolute Gasteiger partial charge is 0.258 e. The quantitative estimate of drug-likeness (QED) is 0.460. The van der Waals surface area contributed by atoms with Crippen LogP contribution in [-0.2, 0) is 6.54 Å². The van der Waals surface area contributed by atoms with Gasteiger partial charge in [0.05, 0.1) is 17.9 Å². The van der Waals surface area contributed by atoms with E-state index in [4.69, 9.17) is 4.74 Å². The molecule has 168 valence electrons. The Labute approximate surface area is 184 Å². The number of hydrogen-bond acceptors (Lipinski definition) is 7. The van der Waals surface area contributed by atoms with Crippen molar-refractivity contribution < 1.29 is 19.3 Å². The largest absolute Gasteiger partial charge is 0.475 e. The average Bonchev–Trinajstić information content (AvgIpc) is 3.20. The van der Waals surface area contributed by atoms with Gasteiger partial charge in [0.2, 0.25) is 5.88 Å². The lowest BCUT2D eigenvalue weighted by molar-refractivity contribution is 0.0737. The molecule has 2 aliphatic rings. The van der Waals surface area contributed by atoms with E-state index in [2.05, 4.69) is 10.0 Å². The summed E-state index contributed by atoms with van der Waals surface area (Å²) < 4.78 is 25.2. The van der Waals surface area contributed by atoms with Crippen molar-refractivity contribution in [1.82, 2.24) is 4.57 Å². The molecule has 0 amide bonds. The molecule has 4 rings (SSSR count). The van der Waals surface area contributed by atoms with Gasteiger partial charge in [-0.05, 0) is 62.3 Å². The van der Waals surface area contributed by atoms with Crippen LogP contribution in [0.2, 0.25) is 0 Å². The number of nitrogens with one attached hydrogen (secondary N) is 2. The number of fused-ring (bicyclic) bond motifs is 1. The predicted octanol–water partition coefficient (Wildman–Crippen LogP) is 3.18. The first-order valence-corrected chi connectivity index (χ1v) is 11.4. The zero-order valence-corrected chi connectivity index (χ0v) is 18.5. The van der Waals surface area contributed by atoms with Crippen LogP contribution in [0.4, 0.5) is 21.5 Å². The number of aliphatic hydroxyl groups is 2. The Morgan fingerprint density at radius 3 is 2.68 bits per heavy atom. The van der Waals surface area contributed by atoms with E-state index < -0.39 is 0 Å². The lowest BCUT2D eigenvalue weighted by Gasteiger charge is -2.38. The highest BCUT2D eigenvalue weighted by Gasteiger charge is 2.36. The first-order valence-electron chi connectivity index (χ1n) is 10.5. The minimum Gasteiger partial charge on any atom is -0.475 e. The van der Waals surface area contributed by atoms with Gasteiger partial charge in [-0.25, -0.2) is 4.39 Å². The second-order valence-corrected chi connectivity index (χ2v) is 9.40. The van der Waals surface area contributed by atoms with E-state index in [1.165, 1.54) is 18.0 Å². The Morgan fingerprint density at radius 2 is 2.00 bits per heavy atom. The summed E-state index contributed by atoms with van der Waals surface area (Å²) in [5.41, 5.74) is 2.58. The lowest BCUT2D eigenvalue weighted by atomic mass is 9.76. The molecule has 4 N–H and O–H groups in total. The normalized spacial score (nSPS) is 19.7. The SMILES string of the molecule is Cc1ccc(Nc2c(NSC3CC(C(CO)CO)C3)c3n(c(=O)c2C)CCO3)c(F)c1. The van der Waals surface area contributed by atoms with Crippen LogP contribution in [0.5, 0.6) is 5.88 Å². The summed E-state index contributed by atoms with van der Waals surface area (Å²) in [6.07, 6.45) is 1.77. The Balaban J connectivity index is 1.58. The molecule has 1 fully saturated rings. The van der Waals surface area contributed by atoms with E-state index >= 15 is 0 Å². The molecule has 1 aromatic heterocycles. The second-order valence-electron chi connectivity index (χ2n) is 8.29. The van der Waals surface area contributed by atoms with Crippen molar-refractivity contribution in [3.63, 3.8) is 0 Å². The van der Waals surface area contributed by atoms with E-state index in [1.54, 1.807) is 17.6 Å². The molecule has 0 spiro atoms. The van der Waals surface area contributed by atoms with Gasteiger partial charge in [-0.1, -0.05) is 6.07 Å². The number of nitrogens with zero attached hydrogens (tertiary/aromatic N) is 1. The summed E-state index contributed by atoms with van der Waals surface area (Å²) in [6.45, 7) is 4.42. The Bertz CT molecular complexity index is 1020. The molecule has 0 saturated heterocycles. The highest BCUT2D eigenvalue weighted by Crippen LogP contribution is 2.45. The molecule has 1 aliphatic carbocycles. The summed E-state index contributed by atoms with van der Waals surface area (Å²) in [6, 6.07) is 4.92. The zero-order valence-electron chi connectivity index (χ0n) is 17.7. The maximum atomic E-state index is 14.5. The third kappa shape index (κ3) is 4.26. The molecule has 2 heterocycles. The molecule has 0 bridgehead atoms. The minimum absolute atomic E-state index is 0.00961. The van der Waals surface area contributed by atoms with Gasteiger partial charge < -0.3 is 25.0 Å². The van der Waals surface area contributed by atoms with Gasteiger partial charge in [0, 0.05) is 29.9 Å². The van der Waals surface area contributed by atoms with Gasteiger partial charge in [0.25, 0.3) is 5.56 Å². The number of aliphatic hydroxyl groups excluding tert-OH is 2. The molecule has 7 nitrogen and oxygen atoms in total. The maximum Gasteiger partial charge on any atom is 0.258 e. The summed E-state index contributed by atoms with van der Waals surface area (Å²) in [5.74, 6) is 0.289. The van der Waals surface area contributed by atoms with Crippen molar-refractivity contribution in [3.8, 4) is 5.88 Å². The second kappa shape index (κ2) is 9.10. The molecule has 0 atom stereocenters. The lowest BCUT2D eigenvalue weighted by Crippen LogP contribution is -2.36. The topological polar surface area (TPSA) is 95.7 Å². The van der Waals surface area contributed by atoms with Gasteiger partial charge >= 0.3 is 0 Å². The Morgan fingerprint density at radius 1 is 1.26 bits per heavy atom. The average molecular weight is 450 g/mol. The van der Waals surface area contributed by atoms with Crippen LogP contribution in [0.15, 0.2) is 23.0 Å². The highest BCUT2D eigenvalue weighted by atomic mass is 32.2. The fraction of sp³-hybridized carbons (Fsp3) is 0.500. The third-order valence-corrected chi connectivity index (χ3v) is 7.22. The molecular weight excluding hydrogens is 421 g/mol. The molecule has 1 saturated carbocycles. The van der Waals surface area contributed by atoms with Crippen LogP contribution in [0, 0.1) is 31.5 Å². The van der Waals surface area contributed by atoms with Gasteiger partial charge in [-0.3, -0.25) is 9.36 Å². The number of pyridine rings is 1. The molecular formula is C22H28FN3O4S. The third-order valence-electron chi connectivity index (χ3n) is 6.18. The van der Waals surface area contributed by atoms with Crippen LogP contribution >= 0.6 is 11.9 Å².